The molecule has 3 aliphatic rings. The molecule has 1 atom stereocenters. The Hall–Kier alpha value is -0.0800. The van der Waals surface area contributed by atoms with Crippen LogP contribution in [0.1, 0.15) is 58.8 Å². The SMILES string of the molecule is CCCN1CC2(CCCC2)NCC1(C)C1CC1. The van der Waals surface area contributed by atoms with Crippen LogP contribution in [0.3, 0.4) is 0 Å². The minimum atomic E-state index is 0.462. The summed E-state index contributed by atoms with van der Waals surface area (Å²) >= 11 is 0. The number of piperazine rings is 1. The van der Waals surface area contributed by atoms with Gasteiger partial charge < -0.3 is 5.32 Å². The van der Waals surface area contributed by atoms with E-state index in [2.05, 4.69) is 24.1 Å². The minimum absolute atomic E-state index is 0.462. The first-order valence-corrected chi connectivity index (χ1v) is 7.69. The van der Waals surface area contributed by atoms with Gasteiger partial charge in [-0.15, -0.1) is 0 Å². The summed E-state index contributed by atoms with van der Waals surface area (Å²) in [6.07, 6.45) is 9.93. The van der Waals surface area contributed by atoms with Gasteiger partial charge in [0.05, 0.1) is 0 Å². The van der Waals surface area contributed by atoms with Crippen LogP contribution in [-0.2, 0) is 0 Å². The highest BCUT2D eigenvalue weighted by molar-refractivity contribution is 5.10. The summed E-state index contributed by atoms with van der Waals surface area (Å²) in [4.78, 5) is 2.84. The van der Waals surface area contributed by atoms with Crippen LogP contribution < -0.4 is 5.32 Å². The molecule has 0 aromatic heterocycles. The van der Waals surface area contributed by atoms with Crippen molar-refractivity contribution in [3.05, 3.63) is 0 Å². The summed E-state index contributed by atoms with van der Waals surface area (Å²) in [5, 5.41) is 3.95. The second-order valence-corrected chi connectivity index (χ2v) is 6.89. The largest absolute Gasteiger partial charge is 0.308 e. The maximum atomic E-state index is 3.95. The van der Waals surface area contributed by atoms with E-state index in [1.165, 1.54) is 64.6 Å². The Morgan fingerprint density at radius 2 is 1.94 bits per heavy atom. The highest BCUT2D eigenvalue weighted by Crippen LogP contribution is 2.46. The van der Waals surface area contributed by atoms with Crippen LogP contribution in [0.2, 0.25) is 0 Å². The second-order valence-electron chi connectivity index (χ2n) is 6.89. The van der Waals surface area contributed by atoms with Crippen LogP contribution in [0.25, 0.3) is 0 Å². The van der Waals surface area contributed by atoms with Crippen molar-refractivity contribution in [2.45, 2.75) is 69.9 Å². The first kappa shape index (κ1) is 12.0. The maximum absolute atomic E-state index is 3.95. The van der Waals surface area contributed by atoms with E-state index in [4.69, 9.17) is 0 Å². The molecule has 1 aliphatic heterocycles. The van der Waals surface area contributed by atoms with Gasteiger partial charge in [-0.1, -0.05) is 19.8 Å². The van der Waals surface area contributed by atoms with E-state index in [0.29, 0.717) is 11.1 Å². The molecular formula is C15H28N2. The quantitative estimate of drug-likeness (QED) is 0.810. The first-order valence-electron chi connectivity index (χ1n) is 7.69. The number of nitrogens with one attached hydrogen (secondary N) is 1. The zero-order valence-electron chi connectivity index (χ0n) is 11.6. The predicted octanol–water partition coefficient (Wildman–Crippen LogP) is 2.78. The van der Waals surface area contributed by atoms with E-state index in [0.717, 1.165) is 5.92 Å². The Balaban J connectivity index is 1.75. The highest BCUT2D eigenvalue weighted by atomic mass is 15.3. The average molecular weight is 236 g/mol. The lowest BCUT2D eigenvalue weighted by Gasteiger charge is -2.53. The van der Waals surface area contributed by atoms with Gasteiger partial charge in [0, 0.05) is 24.2 Å². The average Bonchev–Trinajstić information content (AvgIpc) is 3.08. The smallest absolute Gasteiger partial charge is 0.0334 e. The van der Waals surface area contributed by atoms with E-state index >= 15 is 0 Å². The van der Waals surface area contributed by atoms with Crippen LogP contribution in [0.4, 0.5) is 0 Å². The molecule has 1 unspecified atom stereocenters. The van der Waals surface area contributed by atoms with Crippen molar-refractivity contribution in [1.29, 1.82) is 0 Å². The topological polar surface area (TPSA) is 15.3 Å². The Morgan fingerprint density at radius 3 is 2.53 bits per heavy atom. The molecule has 3 fully saturated rings. The van der Waals surface area contributed by atoms with E-state index in [9.17, 15) is 0 Å². The van der Waals surface area contributed by atoms with Crippen molar-refractivity contribution < 1.29 is 0 Å². The molecule has 0 radical (unpaired) electrons. The van der Waals surface area contributed by atoms with Crippen molar-refractivity contribution in [3.8, 4) is 0 Å². The summed E-state index contributed by atoms with van der Waals surface area (Å²) < 4.78 is 0. The summed E-state index contributed by atoms with van der Waals surface area (Å²) in [6.45, 7) is 8.69. The molecule has 1 saturated heterocycles. The van der Waals surface area contributed by atoms with Crippen LogP contribution in [0, 0.1) is 5.92 Å². The Bertz CT molecular complexity index is 279. The third-order valence-corrected chi connectivity index (χ3v) is 5.55. The second kappa shape index (κ2) is 4.24. The minimum Gasteiger partial charge on any atom is -0.308 e. The summed E-state index contributed by atoms with van der Waals surface area (Å²) in [7, 11) is 0. The van der Waals surface area contributed by atoms with E-state index in [-0.39, 0.29) is 0 Å². The predicted molar refractivity (Wildman–Crippen MR) is 72.2 cm³/mol. The lowest BCUT2D eigenvalue weighted by molar-refractivity contribution is 0.00281. The fourth-order valence-corrected chi connectivity index (χ4v) is 4.18. The number of hydrogen-bond acceptors (Lipinski definition) is 2. The molecule has 3 rings (SSSR count). The van der Waals surface area contributed by atoms with Crippen LogP contribution in [0.5, 0.6) is 0 Å². The van der Waals surface area contributed by atoms with Crippen LogP contribution in [-0.4, -0.2) is 35.6 Å². The standard InChI is InChI=1S/C15H28N2/c1-3-10-17-12-15(8-4-5-9-15)16-11-14(17,2)13-6-7-13/h13,16H,3-12H2,1-2H3. The Morgan fingerprint density at radius 1 is 1.24 bits per heavy atom. The Labute approximate surface area is 106 Å². The van der Waals surface area contributed by atoms with Gasteiger partial charge in [-0.25, -0.2) is 0 Å². The van der Waals surface area contributed by atoms with Crippen molar-refractivity contribution in [3.63, 3.8) is 0 Å². The van der Waals surface area contributed by atoms with Gasteiger partial charge in [-0.3, -0.25) is 4.90 Å². The van der Waals surface area contributed by atoms with E-state index in [1.807, 2.05) is 0 Å². The molecule has 17 heavy (non-hydrogen) atoms. The molecule has 2 aliphatic carbocycles. The Kier molecular flexibility index (Phi) is 2.99. The summed E-state index contributed by atoms with van der Waals surface area (Å²) in [5.74, 6) is 0.973. The van der Waals surface area contributed by atoms with Gasteiger partial charge in [0.1, 0.15) is 0 Å². The zero-order valence-corrected chi connectivity index (χ0v) is 11.6. The van der Waals surface area contributed by atoms with E-state index < -0.39 is 0 Å². The molecule has 0 bridgehead atoms. The molecule has 1 spiro atoms. The zero-order chi connectivity index (χ0) is 11.9. The third-order valence-electron chi connectivity index (χ3n) is 5.55. The molecule has 98 valence electrons. The van der Waals surface area contributed by atoms with Gasteiger partial charge in [0.2, 0.25) is 0 Å². The maximum Gasteiger partial charge on any atom is 0.0334 e. The molecule has 0 aromatic carbocycles. The molecule has 0 amide bonds. The molecule has 0 aromatic rings. The highest BCUT2D eigenvalue weighted by Gasteiger charge is 2.51. The summed E-state index contributed by atoms with van der Waals surface area (Å²) in [6, 6.07) is 0. The van der Waals surface area contributed by atoms with Crippen LogP contribution in [0.15, 0.2) is 0 Å². The normalized spacial score (nSPS) is 37.8. The lowest BCUT2D eigenvalue weighted by atomic mass is 9.83. The van der Waals surface area contributed by atoms with Crippen molar-refractivity contribution in [1.82, 2.24) is 10.2 Å². The number of hydrogen-bond donors (Lipinski definition) is 1. The molecule has 1 N–H and O–H groups in total. The van der Waals surface area contributed by atoms with Crippen LogP contribution >= 0.6 is 0 Å². The van der Waals surface area contributed by atoms with Crippen molar-refractivity contribution in [2.75, 3.05) is 19.6 Å². The molecule has 2 nitrogen and oxygen atoms in total. The molecule has 2 saturated carbocycles. The van der Waals surface area contributed by atoms with Gasteiger partial charge >= 0.3 is 0 Å². The van der Waals surface area contributed by atoms with Crippen molar-refractivity contribution in [2.24, 2.45) is 5.92 Å². The monoisotopic (exact) mass is 236 g/mol. The van der Waals surface area contributed by atoms with Gasteiger partial charge in [0.25, 0.3) is 0 Å². The van der Waals surface area contributed by atoms with Gasteiger partial charge in [0.15, 0.2) is 0 Å². The van der Waals surface area contributed by atoms with E-state index in [1.54, 1.807) is 0 Å². The number of rotatable bonds is 3. The van der Waals surface area contributed by atoms with Gasteiger partial charge in [-0.2, -0.15) is 0 Å². The fourth-order valence-electron chi connectivity index (χ4n) is 4.18. The number of nitrogens with zero attached hydrogens (tertiary/aromatic N) is 1. The summed E-state index contributed by atoms with van der Waals surface area (Å²) in [5.41, 5.74) is 0.952. The molecule has 2 heteroatoms. The molecular weight excluding hydrogens is 208 g/mol. The fraction of sp³-hybridized carbons (Fsp3) is 1.00. The lowest BCUT2D eigenvalue weighted by Crippen LogP contribution is -2.69. The van der Waals surface area contributed by atoms with Crippen molar-refractivity contribution >= 4 is 0 Å². The van der Waals surface area contributed by atoms with Gasteiger partial charge in [-0.05, 0) is 51.5 Å². The first-order chi connectivity index (χ1) is 8.19. The molecule has 1 heterocycles. The third kappa shape index (κ3) is 2.04.